The van der Waals surface area contributed by atoms with Crippen molar-refractivity contribution in [2.75, 3.05) is 0 Å². The molecule has 0 atom stereocenters. The third-order valence-electron chi connectivity index (χ3n) is 2.85. The molecular weight excluding hydrogens is 272 g/mol. The van der Waals surface area contributed by atoms with E-state index in [-0.39, 0.29) is 25.0 Å². The van der Waals surface area contributed by atoms with Crippen LogP contribution in [-0.4, -0.2) is 28.1 Å². The molecule has 1 rings (SSSR count). The first-order chi connectivity index (χ1) is 9.72. The molecule has 0 saturated heterocycles. The Hall–Kier alpha value is -2.11. The molecule has 1 aromatic rings. The van der Waals surface area contributed by atoms with E-state index in [1.54, 1.807) is 12.3 Å². The number of ether oxygens (including phenoxy) is 1. The van der Waals surface area contributed by atoms with Gasteiger partial charge in [-0.25, -0.2) is 4.98 Å². The van der Waals surface area contributed by atoms with Gasteiger partial charge in [0.15, 0.2) is 0 Å². The van der Waals surface area contributed by atoms with Gasteiger partial charge in [0.25, 0.3) is 0 Å². The van der Waals surface area contributed by atoms with Gasteiger partial charge in [-0.05, 0) is 33.8 Å². The number of carbonyl (C=O) groups is 2. The van der Waals surface area contributed by atoms with E-state index in [2.05, 4.69) is 10.3 Å². The molecule has 0 fully saturated rings. The van der Waals surface area contributed by atoms with Crippen molar-refractivity contribution in [1.82, 2.24) is 10.3 Å². The fourth-order valence-electron chi connectivity index (χ4n) is 1.62. The lowest BCUT2D eigenvalue weighted by Crippen LogP contribution is -2.33. The lowest BCUT2D eigenvalue weighted by Gasteiger charge is -2.18. The molecule has 0 unspecified atom stereocenters. The van der Waals surface area contributed by atoms with Crippen LogP contribution in [0.5, 0.6) is 5.88 Å². The van der Waals surface area contributed by atoms with E-state index in [4.69, 9.17) is 9.84 Å². The summed E-state index contributed by atoms with van der Waals surface area (Å²) >= 11 is 0. The lowest BCUT2D eigenvalue weighted by molar-refractivity contribution is -0.149. The second-order valence-corrected chi connectivity index (χ2v) is 5.78. The van der Waals surface area contributed by atoms with Gasteiger partial charge in [-0.2, -0.15) is 0 Å². The molecule has 2 N–H and O–H groups in total. The zero-order valence-electron chi connectivity index (χ0n) is 12.8. The first-order valence-corrected chi connectivity index (χ1v) is 6.83. The summed E-state index contributed by atoms with van der Waals surface area (Å²) in [5, 5.41) is 11.7. The molecule has 21 heavy (non-hydrogen) atoms. The number of amides is 1. The standard InChI is InChI=1S/C15H22N2O4/c1-10(2)21-13-11(6-5-7-16-13)9-17-12(18)8-15(3,4)14(19)20/h5-7,10H,8-9H2,1-4H3,(H,17,18)(H,19,20). The average Bonchev–Trinajstić information content (AvgIpc) is 2.36. The van der Waals surface area contributed by atoms with Gasteiger partial charge in [0, 0.05) is 24.7 Å². The second-order valence-electron chi connectivity index (χ2n) is 5.78. The van der Waals surface area contributed by atoms with Crippen LogP contribution in [-0.2, 0) is 16.1 Å². The maximum absolute atomic E-state index is 11.8. The summed E-state index contributed by atoms with van der Waals surface area (Å²) in [6.45, 7) is 7.09. The molecule has 0 aliphatic carbocycles. The monoisotopic (exact) mass is 294 g/mol. The highest BCUT2D eigenvalue weighted by Crippen LogP contribution is 2.20. The van der Waals surface area contributed by atoms with Gasteiger partial charge in [0.05, 0.1) is 11.5 Å². The second kappa shape index (κ2) is 7.06. The van der Waals surface area contributed by atoms with Crippen LogP contribution in [0.2, 0.25) is 0 Å². The minimum absolute atomic E-state index is 0.0136. The van der Waals surface area contributed by atoms with E-state index < -0.39 is 11.4 Å². The summed E-state index contributed by atoms with van der Waals surface area (Å²) in [6, 6.07) is 3.57. The fourth-order valence-corrected chi connectivity index (χ4v) is 1.62. The Bertz CT molecular complexity index is 512. The van der Waals surface area contributed by atoms with Crippen molar-refractivity contribution in [3.05, 3.63) is 23.9 Å². The molecule has 0 aliphatic heterocycles. The van der Waals surface area contributed by atoms with Gasteiger partial charge in [0.1, 0.15) is 0 Å². The third-order valence-corrected chi connectivity index (χ3v) is 2.85. The predicted molar refractivity (Wildman–Crippen MR) is 77.9 cm³/mol. The number of nitrogens with one attached hydrogen (secondary N) is 1. The van der Waals surface area contributed by atoms with E-state index in [0.29, 0.717) is 5.88 Å². The number of carboxylic acid groups (broad SMARTS) is 1. The molecule has 0 aliphatic rings. The summed E-state index contributed by atoms with van der Waals surface area (Å²) in [7, 11) is 0. The highest BCUT2D eigenvalue weighted by atomic mass is 16.5. The SMILES string of the molecule is CC(C)Oc1ncccc1CNC(=O)CC(C)(C)C(=O)O. The van der Waals surface area contributed by atoms with Gasteiger partial charge in [0.2, 0.25) is 11.8 Å². The predicted octanol–water partition coefficient (Wildman–Crippen LogP) is 1.99. The number of rotatable bonds is 7. The van der Waals surface area contributed by atoms with E-state index >= 15 is 0 Å². The van der Waals surface area contributed by atoms with Crippen LogP contribution in [0.1, 0.15) is 39.7 Å². The highest BCUT2D eigenvalue weighted by molar-refractivity contribution is 5.84. The van der Waals surface area contributed by atoms with Crippen molar-refractivity contribution < 1.29 is 19.4 Å². The Morgan fingerprint density at radius 2 is 2.10 bits per heavy atom. The van der Waals surface area contributed by atoms with Gasteiger partial charge in [-0.15, -0.1) is 0 Å². The molecule has 0 bridgehead atoms. The fraction of sp³-hybridized carbons (Fsp3) is 0.533. The Morgan fingerprint density at radius 1 is 1.43 bits per heavy atom. The summed E-state index contributed by atoms with van der Waals surface area (Å²) in [5.41, 5.74) is -0.330. The van der Waals surface area contributed by atoms with Crippen molar-refractivity contribution in [1.29, 1.82) is 0 Å². The van der Waals surface area contributed by atoms with Crippen molar-refractivity contribution >= 4 is 11.9 Å². The maximum atomic E-state index is 11.8. The zero-order chi connectivity index (χ0) is 16.0. The molecule has 0 aromatic carbocycles. The van der Waals surface area contributed by atoms with Crippen LogP contribution < -0.4 is 10.1 Å². The largest absolute Gasteiger partial charge is 0.481 e. The molecule has 0 saturated carbocycles. The Balaban J connectivity index is 2.63. The number of nitrogens with zero attached hydrogens (tertiary/aromatic N) is 1. The van der Waals surface area contributed by atoms with Gasteiger partial charge >= 0.3 is 5.97 Å². The summed E-state index contributed by atoms with van der Waals surface area (Å²) < 4.78 is 5.56. The van der Waals surface area contributed by atoms with Crippen LogP contribution >= 0.6 is 0 Å². The van der Waals surface area contributed by atoms with Gasteiger partial charge in [-0.1, -0.05) is 6.07 Å². The molecule has 0 spiro atoms. The van der Waals surface area contributed by atoms with Gasteiger partial charge < -0.3 is 15.2 Å². The number of aromatic nitrogens is 1. The number of pyridine rings is 1. The summed E-state index contributed by atoms with van der Waals surface area (Å²) in [6.07, 6.45) is 1.53. The normalized spacial score (nSPS) is 11.3. The topological polar surface area (TPSA) is 88.5 Å². The van der Waals surface area contributed by atoms with Crippen molar-refractivity contribution in [2.45, 2.75) is 46.8 Å². The molecule has 6 nitrogen and oxygen atoms in total. The summed E-state index contributed by atoms with van der Waals surface area (Å²) in [4.78, 5) is 27.0. The molecular formula is C15H22N2O4. The van der Waals surface area contributed by atoms with Crippen molar-refractivity contribution in [2.24, 2.45) is 5.41 Å². The summed E-state index contributed by atoms with van der Waals surface area (Å²) in [5.74, 6) is -0.838. The average molecular weight is 294 g/mol. The van der Waals surface area contributed by atoms with Crippen LogP contribution in [0.4, 0.5) is 0 Å². The number of carbonyl (C=O) groups excluding carboxylic acids is 1. The number of carboxylic acids is 1. The number of hydrogen-bond acceptors (Lipinski definition) is 4. The Kier molecular flexibility index (Phi) is 5.69. The van der Waals surface area contributed by atoms with Gasteiger partial charge in [-0.3, -0.25) is 9.59 Å². The molecule has 0 radical (unpaired) electrons. The van der Waals surface area contributed by atoms with Crippen molar-refractivity contribution in [3.8, 4) is 5.88 Å². The quantitative estimate of drug-likeness (QED) is 0.802. The third kappa shape index (κ3) is 5.41. The van der Waals surface area contributed by atoms with E-state index in [9.17, 15) is 9.59 Å². The molecule has 6 heteroatoms. The molecule has 116 valence electrons. The van der Waals surface area contributed by atoms with E-state index in [0.717, 1.165) is 5.56 Å². The zero-order valence-corrected chi connectivity index (χ0v) is 12.8. The van der Waals surface area contributed by atoms with E-state index in [1.165, 1.54) is 13.8 Å². The first-order valence-electron chi connectivity index (χ1n) is 6.83. The number of aliphatic carboxylic acids is 1. The van der Waals surface area contributed by atoms with Crippen LogP contribution in [0.3, 0.4) is 0 Å². The molecule has 1 amide bonds. The molecule has 1 heterocycles. The number of hydrogen-bond donors (Lipinski definition) is 2. The molecule has 1 aromatic heterocycles. The smallest absolute Gasteiger partial charge is 0.309 e. The minimum Gasteiger partial charge on any atom is -0.481 e. The Labute approximate surface area is 124 Å². The lowest BCUT2D eigenvalue weighted by atomic mass is 9.89. The minimum atomic E-state index is -1.09. The maximum Gasteiger partial charge on any atom is 0.309 e. The van der Waals surface area contributed by atoms with Crippen LogP contribution in [0.15, 0.2) is 18.3 Å². The highest BCUT2D eigenvalue weighted by Gasteiger charge is 2.30. The first kappa shape index (κ1) is 16.9. The Morgan fingerprint density at radius 3 is 2.67 bits per heavy atom. The van der Waals surface area contributed by atoms with E-state index in [1.807, 2.05) is 19.9 Å². The van der Waals surface area contributed by atoms with Crippen LogP contribution in [0.25, 0.3) is 0 Å². The van der Waals surface area contributed by atoms with Crippen molar-refractivity contribution in [3.63, 3.8) is 0 Å². The van der Waals surface area contributed by atoms with Crippen LogP contribution in [0, 0.1) is 5.41 Å².